The zero-order chi connectivity index (χ0) is 22.2. The molecule has 164 valence electrons. The fraction of sp³-hybridized carbons (Fsp3) is 0.652. The lowest BCUT2D eigenvalue weighted by atomic mass is 9.90. The van der Waals surface area contributed by atoms with Gasteiger partial charge in [-0.15, -0.1) is 0 Å². The molecule has 0 aliphatic heterocycles. The molecule has 0 fully saturated rings. The van der Waals surface area contributed by atoms with Crippen LogP contribution in [0.3, 0.4) is 0 Å². The van der Waals surface area contributed by atoms with Crippen LogP contribution in [0.1, 0.15) is 53.0 Å². The quantitative estimate of drug-likeness (QED) is 0.604. The summed E-state index contributed by atoms with van der Waals surface area (Å²) in [6, 6.07) is 8.76. The second-order valence-corrected chi connectivity index (χ2v) is 8.69. The van der Waals surface area contributed by atoms with Gasteiger partial charge in [0.25, 0.3) is 0 Å². The monoisotopic (exact) mass is 406 g/mol. The van der Waals surface area contributed by atoms with Gasteiger partial charge in [-0.05, 0) is 38.7 Å². The fourth-order valence-corrected chi connectivity index (χ4v) is 3.49. The number of carbonyl (C=O) groups is 2. The molecule has 0 unspecified atom stereocenters. The lowest BCUT2D eigenvalue weighted by Crippen LogP contribution is -2.54. The molecule has 6 heteroatoms. The minimum atomic E-state index is -0.659. The second kappa shape index (κ2) is 11.3. The summed E-state index contributed by atoms with van der Waals surface area (Å²) in [5.74, 6) is -0.377. The Labute approximate surface area is 175 Å². The average Bonchev–Trinajstić information content (AvgIpc) is 2.65. The highest BCUT2D eigenvalue weighted by Crippen LogP contribution is 2.23. The number of amides is 1. The topological polar surface area (TPSA) is 81.9 Å². The Kier molecular flexibility index (Phi) is 9.80. The molecule has 1 aromatic rings. The van der Waals surface area contributed by atoms with E-state index in [0.717, 1.165) is 12.0 Å². The highest BCUT2D eigenvalue weighted by Gasteiger charge is 2.36. The number of benzene rings is 1. The minimum absolute atomic E-state index is 0.0777. The van der Waals surface area contributed by atoms with E-state index >= 15 is 0 Å². The molecule has 0 aliphatic carbocycles. The van der Waals surface area contributed by atoms with Gasteiger partial charge in [0.1, 0.15) is 5.60 Å². The number of nitrogens with zero attached hydrogens (tertiary/aromatic N) is 1. The highest BCUT2D eigenvalue weighted by atomic mass is 16.6. The normalized spacial score (nSPS) is 15.9. The second-order valence-electron chi connectivity index (χ2n) is 8.69. The molecular weight excluding hydrogens is 368 g/mol. The van der Waals surface area contributed by atoms with Gasteiger partial charge in [0, 0.05) is 14.2 Å². The summed E-state index contributed by atoms with van der Waals surface area (Å²) in [4.78, 5) is 27.1. The third kappa shape index (κ3) is 8.15. The van der Waals surface area contributed by atoms with E-state index in [1.165, 1.54) is 0 Å². The van der Waals surface area contributed by atoms with Gasteiger partial charge in [-0.25, -0.2) is 0 Å². The van der Waals surface area contributed by atoms with Crippen LogP contribution in [0.25, 0.3) is 0 Å². The molecule has 29 heavy (non-hydrogen) atoms. The summed E-state index contributed by atoms with van der Waals surface area (Å²) in [6.07, 6.45) is 0.900. The van der Waals surface area contributed by atoms with Crippen molar-refractivity contribution in [1.29, 1.82) is 0 Å². The smallest absolute Gasteiger partial charge is 0.309 e. The van der Waals surface area contributed by atoms with Crippen molar-refractivity contribution >= 4 is 11.9 Å². The van der Waals surface area contributed by atoms with Crippen molar-refractivity contribution in [2.45, 2.75) is 77.7 Å². The van der Waals surface area contributed by atoms with Crippen molar-refractivity contribution in [1.82, 2.24) is 4.90 Å². The Balaban J connectivity index is 2.95. The van der Waals surface area contributed by atoms with E-state index in [0.29, 0.717) is 6.42 Å². The number of methoxy groups -OCH3 is 1. The average molecular weight is 407 g/mol. The first-order valence-electron chi connectivity index (χ1n) is 10.3. The van der Waals surface area contributed by atoms with Crippen LogP contribution in [0.2, 0.25) is 0 Å². The molecule has 0 saturated heterocycles. The van der Waals surface area contributed by atoms with Crippen LogP contribution in [0.15, 0.2) is 30.3 Å². The maximum atomic E-state index is 13.1. The van der Waals surface area contributed by atoms with Crippen molar-refractivity contribution < 1.29 is 19.1 Å². The molecule has 0 saturated carbocycles. The standard InChI is InChI=1S/C23H38N2O4/c1-8-16(2)21(19(28-7)15-20(26)29-23(3,4)5)25(6)22(27)18(24)14-17-12-10-9-11-13-17/h9-13,16,18-19,21H,8,14-15,24H2,1-7H3/t16-,18-,19+,21-/m0/s1. The van der Waals surface area contributed by atoms with Gasteiger partial charge in [0.15, 0.2) is 0 Å². The van der Waals surface area contributed by atoms with Crippen LogP contribution in [-0.2, 0) is 25.5 Å². The Morgan fingerprint density at radius 2 is 1.76 bits per heavy atom. The molecule has 1 aromatic carbocycles. The van der Waals surface area contributed by atoms with Crippen LogP contribution >= 0.6 is 0 Å². The predicted octanol–water partition coefficient (Wildman–Crippen LogP) is 3.18. The molecule has 4 atom stereocenters. The van der Waals surface area contributed by atoms with Crippen LogP contribution in [0, 0.1) is 5.92 Å². The molecule has 0 aliphatic rings. The molecule has 2 N–H and O–H groups in total. The van der Waals surface area contributed by atoms with E-state index in [1.54, 1.807) is 19.1 Å². The summed E-state index contributed by atoms with van der Waals surface area (Å²) < 4.78 is 11.1. The summed E-state index contributed by atoms with van der Waals surface area (Å²) >= 11 is 0. The maximum absolute atomic E-state index is 13.1. The molecule has 1 amide bonds. The third-order valence-corrected chi connectivity index (χ3v) is 5.11. The number of rotatable bonds is 10. The van der Waals surface area contributed by atoms with Gasteiger partial charge in [0.05, 0.1) is 24.6 Å². The first-order valence-corrected chi connectivity index (χ1v) is 10.3. The van der Waals surface area contributed by atoms with Gasteiger partial charge in [0.2, 0.25) is 5.91 Å². The van der Waals surface area contributed by atoms with Crippen molar-refractivity contribution in [3.8, 4) is 0 Å². The van der Waals surface area contributed by atoms with Gasteiger partial charge in [-0.3, -0.25) is 9.59 Å². The maximum Gasteiger partial charge on any atom is 0.309 e. The molecule has 6 nitrogen and oxygen atoms in total. The fourth-order valence-electron chi connectivity index (χ4n) is 3.49. The molecule has 0 bridgehead atoms. The first kappa shape index (κ1) is 25.1. The number of esters is 1. The third-order valence-electron chi connectivity index (χ3n) is 5.11. The number of hydrogen-bond acceptors (Lipinski definition) is 5. The largest absolute Gasteiger partial charge is 0.460 e. The number of ether oxygens (including phenoxy) is 2. The van der Waals surface area contributed by atoms with E-state index in [-0.39, 0.29) is 30.3 Å². The Bertz CT molecular complexity index is 642. The summed E-state index contributed by atoms with van der Waals surface area (Å²) in [6.45, 7) is 9.60. The molecule has 0 radical (unpaired) electrons. The van der Waals surface area contributed by atoms with Crippen LogP contribution in [0.4, 0.5) is 0 Å². The lowest BCUT2D eigenvalue weighted by Gasteiger charge is -2.38. The van der Waals surface area contributed by atoms with Crippen molar-refractivity contribution in [2.24, 2.45) is 11.7 Å². The Morgan fingerprint density at radius 1 is 1.17 bits per heavy atom. The summed E-state index contributed by atoms with van der Waals surface area (Å²) in [5, 5.41) is 0. The first-order chi connectivity index (χ1) is 13.5. The number of likely N-dealkylation sites (N-methyl/N-ethyl adjacent to an activating group) is 1. The summed E-state index contributed by atoms with van der Waals surface area (Å²) in [5.41, 5.74) is 6.68. The van der Waals surface area contributed by atoms with Crippen LogP contribution in [-0.4, -0.2) is 54.7 Å². The predicted molar refractivity (Wildman–Crippen MR) is 115 cm³/mol. The Morgan fingerprint density at radius 3 is 2.24 bits per heavy atom. The van der Waals surface area contributed by atoms with E-state index in [1.807, 2.05) is 51.1 Å². The number of carbonyl (C=O) groups excluding carboxylic acids is 2. The van der Waals surface area contributed by atoms with Crippen molar-refractivity contribution in [3.63, 3.8) is 0 Å². The van der Waals surface area contributed by atoms with Gasteiger partial charge < -0.3 is 20.1 Å². The molecule has 0 heterocycles. The highest BCUT2D eigenvalue weighted by molar-refractivity contribution is 5.82. The molecular formula is C23H38N2O4. The van der Waals surface area contributed by atoms with E-state index in [4.69, 9.17) is 15.2 Å². The molecule has 0 spiro atoms. The van der Waals surface area contributed by atoms with Crippen molar-refractivity contribution in [2.75, 3.05) is 14.2 Å². The van der Waals surface area contributed by atoms with Gasteiger partial charge >= 0.3 is 5.97 Å². The minimum Gasteiger partial charge on any atom is -0.460 e. The van der Waals surface area contributed by atoms with E-state index < -0.39 is 17.7 Å². The van der Waals surface area contributed by atoms with Crippen LogP contribution in [0.5, 0.6) is 0 Å². The zero-order valence-electron chi connectivity index (χ0n) is 19.0. The molecule has 0 aromatic heterocycles. The van der Waals surface area contributed by atoms with Crippen molar-refractivity contribution in [3.05, 3.63) is 35.9 Å². The van der Waals surface area contributed by atoms with E-state index in [2.05, 4.69) is 13.8 Å². The lowest BCUT2D eigenvalue weighted by molar-refractivity contribution is -0.160. The summed E-state index contributed by atoms with van der Waals surface area (Å²) in [7, 11) is 3.30. The Hall–Kier alpha value is -1.92. The van der Waals surface area contributed by atoms with Gasteiger partial charge in [-0.2, -0.15) is 0 Å². The molecule has 1 rings (SSSR count). The zero-order valence-corrected chi connectivity index (χ0v) is 19.0. The van der Waals surface area contributed by atoms with Crippen LogP contribution < -0.4 is 5.73 Å². The van der Waals surface area contributed by atoms with Gasteiger partial charge in [-0.1, -0.05) is 50.6 Å². The van der Waals surface area contributed by atoms with E-state index in [9.17, 15) is 9.59 Å². The number of hydrogen-bond donors (Lipinski definition) is 1. The SMILES string of the molecule is CC[C@H](C)[C@@H]([C@@H](CC(=O)OC(C)(C)C)OC)N(C)C(=O)[C@@H](N)Cc1ccccc1. The number of nitrogens with two attached hydrogens (primary N) is 1.